The maximum absolute atomic E-state index is 13.7. The largest absolute Gasteiger partial charge is 0.273 e. The molecular weight excluding hydrogens is 412 g/mol. The summed E-state index contributed by atoms with van der Waals surface area (Å²) in [5.74, 6) is -1.23. The molecule has 3 aromatic carbocycles. The van der Waals surface area contributed by atoms with Crippen LogP contribution in [0.3, 0.4) is 0 Å². The molecular formula is C25H21ClN2O3. The minimum absolute atomic E-state index is 0.245. The number of rotatable bonds is 3. The Morgan fingerprint density at radius 2 is 1.45 bits per heavy atom. The van der Waals surface area contributed by atoms with Crippen molar-refractivity contribution in [3.8, 4) is 0 Å². The molecule has 6 heteroatoms. The molecule has 0 saturated carbocycles. The van der Waals surface area contributed by atoms with Gasteiger partial charge in [0, 0.05) is 5.02 Å². The van der Waals surface area contributed by atoms with Crippen LogP contribution in [0.5, 0.6) is 0 Å². The third-order valence-corrected chi connectivity index (χ3v) is 6.25. The van der Waals surface area contributed by atoms with Gasteiger partial charge in [-0.1, -0.05) is 60.1 Å². The summed E-state index contributed by atoms with van der Waals surface area (Å²) in [6.45, 7) is 3.82. The second-order valence-corrected chi connectivity index (χ2v) is 8.40. The molecule has 2 saturated heterocycles. The predicted octanol–water partition coefficient (Wildman–Crippen LogP) is 5.01. The number of hydroxylamine groups is 1. The van der Waals surface area contributed by atoms with E-state index >= 15 is 0 Å². The molecule has 5 nitrogen and oxygen atoms in total. The summed E-state index contributed by atoms with van der Waals surface area (Å²) in [4.78, 5) is 34.6. The van der Waals surface area contributed by atoms with Gasteiger partial charge in [0.25, 0.3) is 5.91 Å². The molecule has 31 heavy (non-hydrogen) atoms. The van der Waals surface area contributed by atoms with Crippen LogP contribution in [0.1, 0.15) is 22.7 Å². The number of hydrogen-bond acceptors (Lipinski definition) is 4. The summed E-state index contributed by atoms with van der Waals surface area (Å²) < 4.78 is 0. The topological polar surface area (TPSA) is 49.9 Å². The van der Waals surface area contributed by atoms with Crippen molar-refractivity contribution in [2.75, 3.05) is 9.96 Å². The number of carbonyl (C=O) groups is 2. The van der Waals surface area contributed by atoms with Crippen LogP contribution in [-0.2, 0) is 14.4 Å². The van der Waals surface area contributed by atoms with E-state index in [0.29, 0.717) is 10.7 Å². The van der Waals surface area contributed by atoms with Crippen molar-refractivity contribution in [3.05, 3.63) is 94.5 Å². The van der Waals surface area contributed by atoms with Crippen molar-refractivity contribution in [2.24, 2.45) is 5.92 Å². The Bertz CT molecular complexity index is 1140. The quantitative estimate of drug-likeness (QED) is 0.546. The molecule has 0 bridgehead atoms. The van der Waals surface area contributed by atoms with Crippen LogP contribution < -0.4 is 9.96 Å². The van der Waals surface area contributed by atoms with Crippen LogP contribution >= 0.6 is 11.6 Å². The lowest BCUT2D eigenvalue weighted by molar-refractivity contribution is -0.126. The first-order chi connectivity index (χ1) is 15.0. The Morgan fingerprint density at radius 1 is 0.806 bits per heavy atom. The predicted molar refractivity (Wildman–Crippen MR) is 120 cm³/mol. The van der Waals surface area contributed by atoms with E-state index in [1.54, 1.807) is 17.2 Å². The molecule has 5 rings (SSSR count). The minimum Gasteiger partial charge on any atom is -0.273 e. The van der Waals surface area contributed by atoms with Crippen LogP contribution in [0.4, 0.5) is 11.4 Å². The average molecular weight is 433 g/mol. The molecule has 2 heterocycles. The fraction of sp³-hybridized carbons (Fsp3) is 0.200. The van der Waals surface area contributed by atoms with Gasteiger partial charge in [-0.05, 0) is 54.8 Å². The molecule has 2 aliphatic heterocycles. The lowest BCUT2D eigenvalue weighted by atomic mass is 9.90. The lowest BCUT2D eigenvalue weighted by Gasteiger charge is -2.29. The van der Waals surface area contributed by atoms with E-state index < -0.39 is 18.1 Å². The van der Waals surface area contributed by atoms with E-state index in [2.05, 4.69) is 0 Å². The summed E-state index contributed by atoms with van der Waals surface area (Å²) in [6, 6.07) is 22.2. The second-order valence-electron chi connectivity index (χ2n) is 7.96. The van der Waals surface area contributed by atoms with Crippen LogP contribution in [0.25, 0.3) is 0 Å². The number of halogens is 1. The lowest BCUT2D eigenvalue weighted by Crippen LogP contribution is -2.38. The summed E-state index contributed by atoms with van der Waals surface area (Å²) >= 11 is 6.10. The molecule has 2 aliphatic rings. The highest BCUT2D eigenvalue weighted by atomic mass is 35.5. The molecule has 0 aliphatic carbocycles. The summed E-state index contributed by atoms with van der Waals surface area (Å²) in [7, 11) is 0. The third kappa shape index (κ3) is 3.12. The van der Waals surface area contributed by atoms with Gasteiger partial charge in [0.05, 0.1) is 17.4 Å². The summed E-state index contributed by atoms with van der Waals surface area (Å²) in [6.07, 6.45) is -0.882. The fourth-order valence-corrected chi connectivity index (χ4v) is 4.72. The maximum Gasteiger partial charge on any atom is 0.266 e. The minimum atomic E-state index is -0.882. The molecule has 2 amide bonds. The fourth-order valence-electron chi connectivity index (χ4n) is 4.59. The normalized spacial score (nSPS) is 22.9. The van der Waals surface area contributed by atoms with Crippen molar-refractivity contribution in [2.45, 2.75) is 26.0 Å². The van der Waals surface area contributed by atoms with Crippen molar-refractivity contribution in [1.29, 1.82) is 0 Å². The molecule has 3 aromatic rings. The highest BCUT2D eigenvalue weighted by Crippen LogP contribution is 2.48. The number of imide groups is 1. The van der Waals surface area contributed by atoms with Gasteiger partial charge < -0.3 is 0 Å². The van der Waals surface area contributed by atoms with Gasteiger partial charge in [-0.15, -0.1) is 0 Å². The smallest absolute Gasteiger partial charge is 0.266 e. The number of nitrogens with zero attached hydrogens (tertiary/aromatic N) is 2. The van der Waals surface area contributed by atoms with Crippen LogP contribution in [0.2, 0.25) is 5.02 Å². The van der Waals surface area contributed by atoms with Gasteiger partial charge in [-0.3, -0.25) is 14.4 Å². The van der Waals surface area contributed by atoms with Gasteiger partial charge in [-0.2, -0.15) is 0 Å². The maximum atomic E-state index is 13.7. The molecule has 3 atom stereocenters. The number of carbonyl (C=O) groups excluding carboxylic acids is 2. The van der Waals surface area contributed by atoms with E-state index in [9.17, 15) is 9.59 Å². The monoisotopic (exact) mass is 432 g/mol. The van der Waals surface area contributed by atoms with Crippen LogP contribution in [0.15, 0.2) is 72.8 Å². The van der Waals surface area contributed by atoms with E-state index in [-0.39, 0.29) is 11.8 Å². The molecule has 2 fully saturated rings. The summed E-state index contributed by atoms with van der Waals surface area (Å²) in [5, 5.41) is 2.30. The number of anilines is 2. The first-order valence-electron chi connectivity index (χ1n) is 10.2. The Balaban J connectivity index is 1.61. The average Bonchev–Trinajstić information content (AvgIpc) is 3.27. The molecule has 156 valence electrons. The van der Waals surface area contributed by atoms with Crippen molar-refractivity contribution >= 4 is 34.8 Å². The van der Waals surface area contributed by atoms with Gasteiger partial charge in [0.1, 0.15) is 5.92 Å². The third-order valence-electron chi connectivity index (χ3n) is 6.00. The number of fused-ring (bicyclic) bond motifs is 1. The molecule has 0 radical (unpaired) electrons. The number of aryl methyl sites for hydroxylation is 2. The number of para-hydroxylation sites is 2. The number of amides is 2. The Kier molecular flexibility index (Phi) is 4.80. The van der Waals surface area contributed by atoms with Gasteiger partial charge in [0.2, 0.25) is 5.91 Å². The first kappa shape index (κ1) is 19.8. The SMILES string of the molecule is Cc1cccc(C)c1N1C(=O)[C@H]2[C@H](ON(c3ccccc3)[C@@H]2c2ccc(Cl)cc2)C1=O. The van der Waals surface area contributed by atoms with Crippen molar-refractivity contribution in [1.82, 2.24) is 0 Å². The van der Waals surface area contributed by atoms with Crippen molar-refractivity contribution < 1.29 is 14.4 Å². The zero-order chi connectivity index (χ0) is 21.7. The Morgan fingerprint density at radius 3 is 2.10 bits per heavy atom. The van der Waals surface area contributed by atoms with Gasteiger partial charge in [0.15, 0.2) is 6.10 Å². The first-order valence-corrected chi connectivity index (χ1v) is 10.6. The molecule has 0 aromatic heterocycles. The zero-order valence-corrected chi connectivity index (χ0v) is 17.9. The summed E-state index contributed by atoms with van der Waals surface area (Å²) in [5.41, 5.74) is 4.06. The number of benzene rings is 3. The van der Waals surface area contributed by atoms with Crippen LogP contribution in [-0.4, -0.2) is 17.9 Å². The second kappa shape index (κ2) is 7.52. The van der Waals surface area contributed by atoms with Crippen LogP contribution in [0, 0.1) is 19.8 Å². The molecule has 0 spiro atoms. The number of hydrogen-bond donors (Lipinski definition) is 0. The van der Waals surface area contributed by atoms with Gasteiger partial charge >= 0.3 is 0 Å². The van der Waals surface area contributed by atoms with E-state index in [1.807, 2.05) is 74.5 Å². The standard InChI is InChI=1S/C25H21ClN2O3/c1-15-7-6-8-16(2)21(15)27-24(29)20-22(17-11-13-18(26)14-12-17)28(31-23(20)25(27)30)19-9-4-3-5-10-19/h3-14,20,22-23H,1-2H3/t20-,22-,23+/m1/s1. The van der Waals surface area contributed by atoms with Crippen molar-refractivity contribution in [3.63, 3.8) is 0 Å². The Labute approximate surface area is 185 Å². The van der Waals surface area contributed by atoms with Gasteiger partial charge in [-0.25, -0.2) is 9.96 Å². The van der Waals surface area contributed by atoms with E-state index in [1.165, 1.54) is 4.90 Å². The molecule has 0 unspecified atom stereocenters. The highest BCUT2D eigenvalue weighted by molar-refractivity contribution is 6.30. The van der Waals surface area contributed by atoms with E-state index in [0.717, 1.165) is 22.4 Å². The highest BCUT2D eigenvalue weighted by Gasteiger charge is 2.60. The zero-order valence-electron chi connectivity index (χ0n) is 17.2. The molecule has 0 N–H and O–H groups in total. The van der Waals surface area contributed by atoms with E-state index in [4.69, 9.17) is 16.4 Å². The Hall–Kier alpha value is -3.15.